The lowest BCUT2D eigenvalue weighted by Gasteiger charge is -2.36. The number of piperazine rings is 1. The van der Waals surface area contributed by atoms with E-state index in [9.17, 15) is 9.59 Å². The Hall–Kier alpha value is -1.81. The van der Waals surface area contributed by atoms with Crippen LogP contribution in [-0.2, 0) is 4.79 Å². The lowest BCUT2D eigenvalue weighted by Crippen LogP contribution is -2.54. The quantitative estimate of drug-likeness (QED) is 0.705. The van der Waals surface area contributed by atoms with Crippen LogP contribution in [0.3, 0.4) is 0 Å². The Balaban J connectivity index is 2.30. The minimum Gasteiger partial charge on any atom is -0.354 e. The van der Waals surface area contributed by atoms with Gasteiger partial charge < -0.3 is 15.1 Å². The summed E-state index contributed by atoms with van der Waals surface area (Å²) >= 11 is 0. The summed E-state index contributed by atoms with van der Waals surface area (Å²) in [4.78, 5) is 29.5. The van der Waals surface area contributed by atoms with Gasteiger partial charge in [-0.05, 0) is 13.8 Å². The second kappa shape index (κ2) is 9.19. The number of carbonyl (C=O) groups is 2. The molecule has 1 aliphatic rings. The van der Waals surface area contributed by atoms with Crippen LogP contribution in [-0.4, -0.2) is 79.0 Å². The molecule has 7 heteroatoms. The first-order chi connectivity index (χ1) is 10.1. The first-order valence-electron chi connectivity index (χ1n) is 7.52. The van der Waals surface area contributed by atoms with E-state index < -0.39 is 0 Å². The molecule has 1 aliphatic heterocycles. The summed E-state index contributed by atoms with van der Waals surface area (Å²) in [6, 6.07) is 2.07. The van der Waals surface area contributed by atoms with Crippen LogP contribution in [0.2, 0.25) is 0 Å². The number of hydrogen-bond acceptors (Lipinski definition) is 4. The van der Waals surface area contributed by atoms with Gasteiger partial charge in [0.15, 0.2) is 0 Å². The van der Waals surface area contributed by atoms with E-state index in [1.807, 2.05) is 34.6 Å². The van der Waals surface area contributed by atoms with Gasteiger partial charge in [-0.2, -0.15) is 5.26 Å². The zero-order valence-electron chi connectivity index (χ0n) is 13.0. The first kappa shape index (κ1) is 17.2. The van der Waals surface area contributed by atoms with E-state index in [2.05, 4.69) is 5.32 Å². The SMILES string of the molecule is CCN(CC)C(=O)N1CCN(CC(=O)NCCC#N)CC1. The summed E-state index contributed by atoms with van der Waals surface area (Å²) in [6.07, 6.45) is 0.331. The third-order valence-electron chi connectivity index (χ3n) is 3.60. The minimum absolute atomic E-state index is 0.0613. The Morgan fingerprint density at radius 2 is 1.81 bits per heavy atom. The van der Waals surface area contributed by atoms with Crippen molar-refractivity contribution in [3.8, 4) is 6.07 Å². The summed E-state index contributed by atoms with van der Waals surface area (Å²) in [5.74, 6) is -0.0613. The van der Waals surface area contributed by atoms with Crippen molar-refractivity contribution in [3.63, 3.8) is 0 Å². The van der Waals surface area contributed by atoms with Crippen LogP contribution < -0.4 is 5.32 Å². The van der Waals surface area contributed by atoms with Gasteiger partial charge in [0.05, 0.1) is 19.0 Å². The maximum atomic E-state index is 12.2. The fraction of sp³-hybridized carbons (Fsp3) is 0.786. The van der Waals surface area contributed by atoms with E-state index in [-0.39, 0.29) is 11.9 Å². The molecule has 0 spiro atoms. The maximum absolute atomic E-state index is 12.2. The van der Waals surface area contributed by atoms with E-state index in [1.54, 1.807) is 0 Å². The predicted molar refractivity (Wildman–Crippen MR) is 79.6 cm³/mol. The van der Waals surface area contributed by atoms with Gasteiger partial charge in [0, 0.05) is 45.8 Å². The third-order valence-corrected chi connectivity index (χ3v) is 3.60. The minimum atomic E-state index is -0.0613. The number of hydrogen-bond donors (Lipinski definition) is 1. The molecule has 0 radical (unpaired) electrons. The summed E-state index contributed by atoms with van der Waals surface area (Å²) in [5.41, 5.74) is 0. The molecule has 0 atom stereocenters. The van der Waals surface area contributed by atoms with Crippen molar-refractivity contribution < 1.29 is 9.59 Å². The second-order valence-electron chi connectivity index (χ2n) is 4.98. The largest absolute Gasteiger partial charge is 0.354 e. The van der Waals surface area contributed by atoms with Gasteiger partial charge in [-0.3, -0.25) is 9.69 Å². The van der Waals surface area contributed by atoms with Gasteiger partial charge in [0.2, 0.25) is 5.91 Å². The molecule has 118 valence electrons. The average molecular weight is 295 g/mol. The van der Waals surface area contributed by atoms with Crippen molar-refractivity contribution in [2.45, 2.75) is 20.3 Å². The number of amides is 3. The van der Waals surface area contributed by atoms with Crippen molar-refractivity contribution in [3.05, 3.63) is 0 Å². The van der Waals surface area contributed by atoms with Gasteiger partial charge in [-0.15, -0.1) is 0 Å². The Morgan fingerprint density at radius 3 is 2.33 bits per heavy atom. The van der Waals surface area contributed by atoms with Crippen molar-refractivity contribution in [2.24, 2.45) is 0 Å². The summed E-state index contributed by atoms with van der Waals surface area (Å²) < 4.78 is 0. The fourth-order valence-electron chi connectivity index (χ4n) is 2.31. The summed E-state index contributed by atoms with van der Waals surface area (Å²) in [5, 5.41) is 11.1. The Kier molecular flexibility index (Phi) is 7.54. The number of nitriles is 1. The highest BCUT2D eigenvalue weighted by Crippen LogP contribution is 2.05. The van der Waals surface area contributed by atoms with E-state index in [4.69, 9.17) is 5.26 Å². The van der Waals surface area contributed by atoms with Crippen LogP contribution in [0.4, 0.5) is 4.79 Å². The lowest BCUT2D eigenvalue weighted by atomic mass is 10.3. The van der Waals surface area contributed by atoms with Crippen molar-refractivity contribution in [1.29, 1.82) is 5.26 Å². The number of urea groups is 1. The first-order valence-corrected chi connectivity index (χ1v) is 7.52. The number of rotatable bonds is 6. The molecule has 0 aliphatic carbocycles. The molecule has 0 unspecified atom stereocenters. The van der Waals surface area contributed by atoms with Crippen LogP contribution in [0.15, 0.2) is 0 Å². The van der Waals surface area contributed by atoms with Crippen LogP contribution in [0.25, 0.3) is 0 Å². The smallest absolute Gasteiger partial charge is 0.320 e. The molecule has 1 heterocycles. The van der Waals surface area contributed by atoms with Gasteiger partial charge in [-0.1, -0.05) is 0 Å². The molecular formula is C14H25N5O2. The predicted octanol–water partition coefficient (Wildman–Crippen LogP) is 0.0957. The maximum Gasteiger partial charge on any atom is 0.320 e. The van der Waals surface area contributed by atoms with Crippen molar-refractivity contribution in [2.75, 3.05) is 52.4 Å². The van der Waals surface area contributed by atoms with Crippen molar-refractivity contribution in [1.82, 2.24) is 20.0 Å². The number of nitrogens with zero attached hydrogens (tertiary/aromatic N) is 4. The monoisotopic (exact) mass is 295 g/mol. The van der Waals surface area contributed by atoms with Crippen LogP contribution in [0.1, 0.15) is 20.3 Å². The summed E-state index contributed by atoms with van der Waals surface area (Å²) in [6.45, 7) is 8.84. The molecule has 0 saturated carbocycles. The Labute approximate surface area is 126 Å². The molecule has 0 bridgehead atoms. The normalized spacial score (nSPS) is 15.4. The molecule has 0 aromatic rings. The highest BCUT2D eigenvalue weighted by molar-refractivity contribution is 5.78. The molecule has 0 aromatic carbocycles. The Bertz CT molecular complexity index is 381. The van der Waals surface area contributed by atoms with E-state index in [0.29, 0.717) is 45.7 Å². The molecular weight excluding hydrogens is 270 g/mol. The topological polar surface area (TPSA) is 79.7 Å². The standard InChI is InChI=1S/C14H25N5O2/c1-3-18(4-2)14(21)19-10-8-17(9-11-19)12-13(20)16-7-5-6-15/h3-5,7-12H2,1-2H3,(H,16,20). The fourth-order valence-corrected chi connectivity index (χ4v) is 2.31. The van der Waals surface area contributed by atoms with Gasteiger partial charge in [-0.25, -0.2) is 4.79 Å². The zero-order valence-corrected chi connectivity index (χ0v) is 13.0. The Morgan fingerprint density at radius 1 is 1.19 bits per heavy atom. The van der Waals surface area contributed by atoms with Crippen LogP contribution in [0, 0.1) is 11.3 Å². The second-order valence-corrected chi connectivity index (χ2v) is 4.98. The molecule has 3 amide bonds. The summed E-state index contributed by atoms with van der Waals surface area (Å²) in [7, 11) is 0. The van der Waals surface area contributed by atoms with Crippen LogP contribution >= 0.6 is 0 Å². The highest BCUT2D eigenvalue weighted by atomic mass is 16.2. The molecule has 1 saturated heterocycles. The van der Waals surface area contributed by atoms with Crippen molar-refractivity contribution >= 4 is 11.9 Å². The van der Waals surface area contributed by atoms with E-state index >= 15 is 0 Å². The van der Waals surface area contributed by atoms with Gasteiger partial charge in [0.25, 0.3) is 0 Å². The van der Waals surface area contributed by atoms with Crippen LogP contribution in [0.5, 0.6) is 0 Å². The molecule has 21 heavy (non-hydrogen) atoms. The molecule has 1 rings (SSSR count). The number of nitrogens with one attached hydrogen (secondary N) is 1. The highest BCUT2D eigenvalue weighted by Gasteiger charge is 2.24. The molecule has 0 aromatic heterocycles. The average Bonchev–Trinajstić information content (AvgIpc) is 2.49. The van der Waals surface area contributed by atoms with Gasteiger partial charge >= 0.3 is 6.03 Å². The number of carbonyl (C=O) groups excluding carboxylic acids is 2. The van der Waals surface area contributed by atoms with E-state index in [0.717, 1.165) is 13.1 Å². The van der Waals surface area contributed by atoms with Gasteiger partial charge in [0.1, 0.15) is 0 Å². The third kappa shape index (κ3) is 5.60. The molecule has 1 fully saturated rings. The zero-order chi connectivity index (χ0) is 15.7. The molecule has 1 N–H and O–H groups in total. The molecule has 7 nitrogen and oxygen atoms in total. The van der Waals surface area contributed by atoms with E-state index in [1.165, 1.54) is 0 Å². The lowest BCUT2D eigenvalue weighted by molar-refractivity contribution is -0.122.